The van der Waals surface area contributed by atoms with Gasteiger partial charge in [0.1, 0.15) is 6.04 Å². The first-order valence-corrected chi connectivity index (χ1v) is 10.5. The molecule has 0 bridgehead atoms. The van der Waals surface area contributed by atoms with Crippen molar-refractivity contribution in [3.8, 4) is 0 Å². The van der Waals surface area contributed by atoms with Crippen LogP contribution in [0.1, 0.15) is 25.1 Å². The zero-order valence-corrected chi connectivity index (χ0v) is 16.9. The van der Waals surface area contributed by atoms with Crippen molar-refractivity contribution >= 4 is 26.8 Å². The lowest BCUT2D eigenvalue weighted by molar-refractivity contribution is -0.123. The number of nitrogens with zero attached hydrogens (tertiary/aromatic N) is 1. The SMILES string of the molecule is Cc1ccc(S(=O)(=O)N[C@H](C(=O)NCc2[nH]nc3ccccc23)C(C)C)cc1. The second-order valence-electron chi connectivity index (χ2n) is 7.09. The molecule has 0 fully saturated rings. The van der Waals surface area contributed by atoms with E-state index >= 15 is 0 Å². The topological polar surface area (TPSA) is 104 Å². The maximum atomic E-state index is 12.7. The Balaban J connectivity index is 1.72. The maximum Gasteiger partial charge on any atom is 0.241 e. The zero-order chi connectivity index (χ0) is 20.3. The third kappa shape index (κ3) is 4.40. The summed E-state index contributed by atoms with van der Waals surface area (Å²) < 4.78 is 27.9. The normalized spacial score (nSPS) is 13.0. The van der Waals surface area contributed by atoms with E-state index in [2.05, 4.69) is 20.2 Å². The molecule has 0 aliphatic heterocycles. The summed E-state index contributed by atoms with van der Waals surface area (Å²) in [7, 11) is -3.80. The molecule has 3 N–H and O–H groups in total. The molecule has 1 atom stereocenters. The number of H-pyrrole nitrogens is 1. The van der Waals surface area contributed by atoms with Crippen molar-refractivity contribution in [2.75, 3.05) is 0 Å². The largest absolute Gasteiger partial charge is 0.349 e. The van der Waals surface area contributed by atoms with E-state index in [1.807, 2.05) is 31.2 Å². The molecule has 0 aliphatic carbocycles. The van der Waals surface area contributed by atoms with Crippen LogP contribution in [0.15, 0.2) is 53.4 Å². The number of benzene rings is 2. The van der Waals surface area contributed by atoms with Gasteiger partial charge in [0.25, 0.3) is 0 Å². The van der Waals surface area contributed by atoms with Crippen LogP contribution in [0.4, 0.5) is 0 Å². The van der Waals surface area contributed by atoms with Crippen molar-refractivity contribution in [3.05, 3.63) is 59.8 Å². The molecule has 0 radical (unpaired) electrons. The lowest BCUT2D eigenvalue weighted by atomic mass is 10.0. The molecule has 0 unspecified atom stereocenters. The lowest BCUT2D eigenvalue weighted by Gasteiger charge is -2.21. The van der Waals surface area contributed by atoms with Crippen LogP contribution < -0.4 is 10.0 Å². The van der Waals surface area contributed by atoms with Gasteiger partial charge in [-0.05, 0) is 31.0 Å². The number of rotatable bonds is 7. The Kier molecular flexibility index (Phi) is 5.81. The summed E-state index contributed by atoms with van der Waals surface area (Å²) in [4.78, 5) is 12.8. The molecule has 0 spiro atoms. The molecule has 3 rings (SSSR count). The van der Waals surface area contributed by atoms with Crippen molar-refractivity contribution in [1.82, 2.24) is 20.2 Å². The molecule has 2 aromatic carbocycles. The zero-order valence-electron chi connectivity index (χ0n) is 16.1. The first kappa shape index (κ1) is 20.0. The summed E-state index contributed by atoms with van der Waals surface area (Å²) in [5, 5.41) is 10.8. The first-order chi connectivity index (χ1) is 13.3. The Morgan fingerprint density at radius 2 is 1.79 bits per heavy atom. The average Bonchev–Trinajstić information content (AvgIpc) is 3.07. The van der Waals surface area contributed by atoms with Gasteiger partial charge in [0, 0.05) is 5.39 Å². The fourth-order valence-electron chi connectivity index (χ4n) is 2.88. The van der Waals surface area contributed by atoms with E-state index in [-0.39, 0.29) is 23.3 Å². The number of fused-ring (bicyclic) bond motifs is 1. The van der Waals surface area contributed by atoms with Gasteiger partial charge >= 0.3 is 0 Å². The van der Waals surface area contributed by atoms with Crippen LogP contribution >= 0.6 is 0 Å². The molecule has 3 aromatic rings. The van der Waals surface area contributed by atoms with E-state index in [1.165, 1.54) is 12.1 Å². The predicted octanol–water partition coefficient (Wildman–Crippen LogP) is 2.49. The molecular formula is C20H24N4O3S. The van der Waals surface area contributed by atoms with E-state index in [9.17, 15) is 13.2 Å². The number of para-hydroxylation sites is 1. The average molecular weight is 401 g/mol. The molecule has 148 valence electrons. The lowest BCUT2D eigenvalue weighted by Crippen LogP contribution is -2.49. The van der Waals surface area contributed by atoms with Crippen LogP contribution in [-0.2, 0) is 21.4 Å². The van der Waals surface area contributed by atoms with Crippen molar-refractivity contribution in [2.45, 2.75) is 38.3 Å². The molecule has 0 saturated heterocycles. The second kappa shape index (κ2) is 8.12. The van der Waals surface area contributed by atoms with Crippen LogP contribution in [0.3, 0.4) is 0 Å². The van der Waals surface area contributed by atoms with Crippen LogP contribution in [0, 0.1) is 12.8 Å². The van der Waals surface area contributed by atoms with Crippen LogP contribution in [-0.4, -0.2) is 30.6 Å². The van der Waals surface area contributed by atoms with Gasteiger partial charge in [-0.1, -0.05) is 49.7 Å². The molecule has 8 heteroatoms. The predicted molar refractivity (Wildman–Crippen MR) is 108 cm³/mol. The van der Waals surface area contributed by atoms with Gasteiger partial charge in [-0.25, -0.2) is 8.42 Å². The summed E-state index contributed by atoms with van der Waals surface area (Å²) >= 11 is 0. The van der Waals surface area contributed by atoms with Crippen molar-refractivity contribution < 1.29 is 13.2 Å². The number of hydrogen-bond acceptors (Lipinski definition) is 4. The van der Waals surface area contributed by atoms with Gasteiger partial charge in [0.15, 0.2) is 0 Å². The van der Waals surface area contributed by atoms with Gasteiger partial charge in [-0.2, -0.15) is 9.82 Å². The van der Waals surface area contributed by atoms with Crippen molar-refractivity contribution in [1.29, 1.82) is 0 Å². The highest BCUT2D eigenvalue weighted by Crippen LogP contribution is 2.16. The maximum absolute atomic E-state index is 12.7. The summed E-state index contributed by atoms with van der Waals surface area (Å²) in [6, 6.07) is 13.2. The number of nitrogens with one attached hydrogen (secondary N) is 3. The van der Waals surface area contributed by atoms with E-state index in [1.54, 1.807) is 26.0 Å². The number of hydrogen-bond donors (Lipinski definition) is 3. The monoisotopic (exact) mass is 400 g/mol. The highest BCUT2D eigenvalue weighted by molar-refractivity contribution is 7.89. The first-order valence-electron chi connectivity index (χ1n) is 9.06. The van der Waals surface area contributed by atoms with E-state index < -0.39 is 16.1 Å². The number of aromatic nitrogens is 2. The van der Waals surface area contributed by atoms with Crippen molar-refractivity contribution in [2.24, 2.45) is 5.92 Å². The van der Waals surface area contributed by atoms with E-state index in [0.717, 1.165) is 22.2 Å². The Bertz CT molecular complexity index is 1070. The Morgan fingerprint density at radius 1 is 1.11 bits per heavy atom. The highest BCUT2D eigenvalue weighted by atomic mass is 32.2. The summed E-state index contributed by atoms with van der Waals surface area (Å²) in [6.45, 7) is 5.71. The number of aryl methyl sites for hydroxylation is 1. The Labute approximate surface area is 164 Å². The van der Waals surface area contributed by atoms with E-state index in [4.69, 9.17) is 0 Å². The third-order valence-electron chi connectivity index (χ3n) is 4.54. The molecule has 7 nitrogen and oxygen atoms in total. The van der Waals surface area contributed by atoms with Gasteiger partial charge in [0.05, 0.1) is 22.7 Å². The molecule has 1 aromatic heterocycles. The van der Waals surface area contributed by atoms with Gasteiger partial charge in [-0.3, -0.25) is 9.89 Å². The summed E-state index contributed by atoms with van der Waals surface area (Å²) in [5.41, 5.74) is 2.55. The summed E-state index contributed by atoms with van der Waals surface area (Å²) in [6.07, 6.45) is 0. The van der Waals surface area contributed by atoms with Crippen molar-refractivity contribution in [3.63, 3.8) is 0 Å². The molecule has 1 heterocycles. The van der Waals surface area contributed by atoms with Crippen LogP contribution in [0.25, 0.3) is 10.9 Å². The number of aromatic amines is 1. The number of carbonyl (C=O) groups is 1. The van der Waals surface area contributed by atoms with Crippen LogP contribution in [0.2, 0.25) is 0 Å². The Morgan fingerprint density at radius 3 is 2.46 bits per heavy atom. The van der Waals surface area contributed by atoms with Gasteiger partial charge < -0.3 is 5.32 Å². The molecule has 0 aliphatic rings. The highest BCUT2D eigenvalue weighted by Gasteiger charge is 2.28. The number of carbonyl (C=O) groups excluding carboxylic acids is 1. The standard InChI is InChI=1S/C20H24N4O3S/c1-13(2)19(24-28(26,27)15-10-8-14(3)9-11-15)20(25)21-12-18-16-6-4-5-7-17(16)22-23-18/h4-11,13,19,24H,12H2,1-3H3,(H,21,25)(H,22,23)/t19-/m0/s1. The fraction of sp³-hybridized carbons (Fsp3) is 0.300. The fourth-order valence-corrected chi connectivity index (χ4v) is 4.22. The molecular weight excluding hydrogens is 376 g/mol. The smallest absolute Gasteiger partial charge is 0.241 e. The van der Waals surface area contributed by atoms with Gasteiger partial charge in [0.2, 0.25) is 15.9 Å². The molecule has 28 heavy (non-hydrogen) atoms. The minimum atomic E-state index is -3.80. The molecule has 0 saturated carbocycles. The number of amides is 1. The third-order valence-corrected chi connectivity index (χ3v) is 6.00. The number of sulfonamides is 1. The molecule has 1 amide bonds. The second-order valence-corrected chi connectivity index (χ2v) is 8.81. The minimum Gasteiger partial charge on any atom is -0.349 e. The quantitative estimate of drug-likeness (QED) is 0.567. The van der Waals surface area contributed by atoms with E-state index in [0.29, 0.717) is 0 Å². The minimum absolute atomic E-state index is 0.135. The van der Waals surface area contributed by atoms with Gasteiger partial charge in [-0.15, -0.1) is 0 Å². The van der Waals surface area contributed by atoms with Crippen LogP contribution in [0.5, 0.6) is 0 Å². The Hall–Kier alpha value is -2.71. The summed E-state index contributed by atoms with van der Waals surface area (Å²) in [5.74, 6) is -0.608.